The molecule has 0 N–H and O–H groups in total. The predicted octanol–water partition coefficient (Wildman–Crippen LogP) is 1.93. The number of aromatic carboxylic acids is 1. The van der Waals surface area contributed by atoms with Crippen LogP contribution in [0, 0.1) is 6.92 Å². The third kappa shape index (κ3) is 5.07. The number of sulfonamides is 1. The Morgan fingerprint density at radius 1 is 1.03 bits per heavy atom. The van der Waals surface area contributed by atoms with Crippen molar-refractivity contribution in [2.24, 2.45) is 0 Å². The normalized spacial score (nSPS) is 11.4. The van der Waals surface area contributed by atoms with Gasteiger partial charge in [0.05, 0.1) is 17.4 Å². The van der Waals surface area contributed by atoms with E-state index in [2.05, 4.69) is 4.98 Å². The van der Waals surface area contributed by atoms with Crippen LogP contribution in [0.4, 0.5) is 5.82 Å². The third-order valence-corrected chi connectivity index (χ3v) is 8.50. The Morgan fingerprint density at radius 2 is 1.74 bits per heavy atom. The molecule has 0 fully saturated rings. The quantitative estimate of drug-likeness (QED) is 0.286. The second kappa shape index (κ2) is 11.1. The van der Waals surface area contributed by atoms with Crippen LogP contribution in [0.2, 0.25) is 5.02 Å². The number of rotatable bonds is 7. The number of aromatic nitrogens is 2. The first-order valence-electron chi connectivity index (χ1n) is 11.7. The van der Waals surface area contributed by atoms with Crippen molar-refractivity contribution in [2.45, 2.75) is 31.8 Å². The van der Waals surface area contributed by atoms with E-state index in [9.17, 15) is 18.3 Å². The summed E-state index contributed by atoms with van der Waals surface area (Å²) >= 11 is 6.22. The molecule has 0 atom stereocenters. The Labute approximate surface area is 248 Å². The molecule has 0 saturated heterocycles. The smallest absolute Gasteiger partial charge is 0.545 e. The fourth-order valence-electron chi connectivity index (χ4n) is 4.66. The molecular formula is C28H23ClN3NaO4S. The van der Waals surface area contributed by atoms with Gasteiger partial charge in [0.2, 0.25) is 0 Å². The standard InChI is InChI=1S/C28H24ClN3O4S.Na/c1-3-31-23(15-21-14-22(29)10-13-26(21)31)17-32(27-18(2)25-7-5-4-6-20(25)16-30-27)37(35,36)24-11-8-19(9-12-24)28(33)34;/h4-16H,3,17H2,1-2H3,(H,33,34);/q;+1/p-1. The predicted molar refractivity (Wildman–Crippen MR) is 143 cm³/mol. The molecule has 0 aliphatic carbocycles. The summed E-state index contributed by atoms with van der Waals surface area (Å²) in [6.45, 7) is 4.48. The molecule has 2 aromatic heterocycles. The van der Waals surface area contributed by atoms with Crippen molar-refractivity contribution >= 4 is 55.1 Å². The van der Waals surface area contributed by atoms with Gasteiger partial charge in [-0.1, -0.05) is 48.0 Å². The Hall–Kier alpha value is -2.88. The first-order chi connectivity index (χ1) is 17.7. The second-order valence-electron chi connectivity index (χ2n) is 8.70. The minimum Gasteiger partial charge on any atom is -0.545 e. The largest absolute Gasteiger partial charge is 1.00 e. The van der Waals surface area contributed by atoms with E-state index >= 15 is 0 Å². The van der Waals surface area contributed by atoms with Crippen LogP contribution in [0.1, 0.15) is 28.5 Å². The second-order valence-corrected chi connectivity index (χ2v) is 11.0. The van der Waals surface area contributed by atoms with Gasteiger partial charge in [0.1, 0.15) is 5.82 Å². The maximum Gasteiger partial charge on any atom is 1.00 e. The van der Waals surface area contributed by atoms with Crippen molar-refractivity contribution in [1.29, 1.82) is 0 Å². The van der Waals surface area contributed by atoms with Gasteiger partial charge in [0, 0.05) is 45.3 Å². The van der Waals surface area contributed by atoms with E-state index in [1.54, 1.807) is 6.20 Å². The minimum absolute atomic E-state index is 0. The summed E-state index contributed by atoms with van der Waals surface area (Å²) in [6.07, 6.45) is 1.66. The Kier molecular flexibility index (Phi) is 8.20. The number of carbonyl (C=O) groups excluding carboxylic acids is 1. The number of carboxylic acid groups (broad SMARTS) is 1. The molecule has 0 amide bonds. The fraction of sp³-hybridized carbons (Fsp3) is 0.143. The van der Waals surface area contributed by atoms with E-state index in [0.717, 1.165) is 32.9 Å². The number of fused-ring (bicyclic) bond motifs is 2. The van der Waals surface area contributed by atoms with Crippen LogP contribution in [0.3, 0.4) is 0 Å². The van der Waals surface area contributed by atoms with E-state index in [0.29, 0.717) is 17.4 Å². The number of carboxylic acids is 1. The molecule has 0 aliphatic heterocycles. The molecule has 0 aliphatic rings. The van der Waals surface area contributed by atoms with Crippen LogP contribution in [-0.2, 0) is 23.1 Å². The molecule has 3 aromatic carbocycles. The number of benzene rings is 3. The van der Waals surface area contributed by atoms with Crippen LogP contribution in [0.15, 0.2) is 83.9 Å². The molecule has 10 heteroatoms. The topological polar surface area (TPSA) is 95.3 Å². The molecule has 5 aromatic rings. The number of carbonyl (C=O) groups is 1. The number of nitrogens with zero attached hydrogens (tertiary/aromatic N) is 3. The number of halogens is 1. The maximum atomic E-state index is 14.1. The number of anilines is 1. The van der Waals surface area contributed by atoms with Gasteiger partial charge in [0.15, 0.2) is 0 Å². The molecular weight excluding hydrogens is 533 g/mol. The summed E-state index contributed by atoms with van der Waals surface area (Å²) in [6, 6.07) is 20.2. The molecule has 0 spiro atoms. The van der Waals surface area contributed by atoms with E-state index < -0.39 is 16.0 Å². The first-order valence-corrected chi connectivity index (χ1v) is 13.5. The number of pyridine rings is 1. The van der Waals surface area contributed by atoms with Crippen LogP contribution in [0.25, 0.3) is 21.7 Å². The van der Waals surface area contributed by atoms with Crippen molar-refractivity contribution in [1.82, 2.24) is 9.55 Å². The molecule has 38 heavy (non-hydrogen) atoms. The molecule has 7 nitrogen and oxygen atoms in total. The Bertz CT molecular complexity index is 1770. The van der Waals surface area contributed by atoms with Gasteiger partial charge in [-0.2, -0.15) is 0 Å². The van der Waals surface area contributed by atoms with Gasteiger partial charge in [-0.15, -0.1) is 0 Å². The van der Waals surface area contributed by atoms with E-state index in [1.165, 1.54) is 28.6 Å². The molecule has 5 rings (SSSR count). The monoisotopic (exact) mass is 555 g/mol. The Balaban J connectivity index is 0.00000336. The SMILES string of the molecule is CCn1c(CN(c2ncc3ccccc3c2C)S(=O)(=O)c2ccc(C(=O)[O-])cc2)cc2cc(Cl)ccc21.[Na+]. The Morgan fingerprint density at radius 3 is 2.42 bits per heavy atom. The van der Waals surface area contributed by atoms with E-state index in [1.807, 2.05) is 66.9 Å². The van der Waals surface area contributed by atoms with Gasteiger partial charge in [-0.3, -0.25) is 0 Å². The molecule has 2 heterocycles. The summed E-state index contributed by atoms with van der Waals surface area (Å²) in [5.41, 5.74) is 2.33. The van der Waals surface area contributed by atoms with Crippen molar-refractivity contribution in [3.05, 3.63) is 101 Å². The van der Waals surface area contributed by atoms with Gasteiger partial charge in [0.25, 0.3) is 10.0 Å². The molecule has 0 bridgehead atoms. The average molecular weight is 556 g/mol. The number of aryl methyl sites for hydroxylation is 2. The zero-order chi connectivity index (χ0) is 26.3. The van der Waals surface area contributed by atoms with Crippen LogP contribution in [0.5, 0.6) is 0 Å². The van der Waals surface area contributed by atoms with Gasteiger partial charge in [-0.25, -0.2) is 17.7 Å². The zero-order valence-electron chi connectivity index (χ0n) is 21.2. The average Bonchev–Trinajstić information content (AvgIpc) is 3.24. The minimum atomic E-state index is -4.14. The molecule has 188 valence electrons. The number of hydrogen-bond acceptors (Lipinski definition) is 5. The van der Waals surface area contributed by atoms with Crippen molar-refractivity contribution < 1.29 is 47.9 Å². The fourth-order valence-corrected chi connectivity index (χ4v) is 6.29. The molecule has 0 radical (unpaired) electrons. The molecule has 0 unspecified atom stereocenters. The summed E-state index contributed by atoms with van der Waals surface area (Å²) in [7, 11) is -4.14. The molecule has 0 saturated carbocycles. The summed E-state index contributed by atoms with van der Waals surface area (Å²) in [5, 5.41) is 14.5. The summed E-state index contributed by atoms with van der Waals surface area (Å²) in [5.74, 6) is -1.08. The van der Waals surface area contributed by atoms with E-state index in [-0.39, 0.29) is 46.6 Å². The van der Waals surface area contributed by atoms with Gasteiger partial charge >= 0.3 is 29.6 Å². The van der Waals surface area contributed by atoms with Crippen molar-refractivity contribution in [3.63, 3.8) is 0 Å². The van der Waals surface area contributed by atoms with Crippen molar-refractivity contribution in [2.75, 3.05) is 4.31 Å². The maximum absolute atomic E-state index is 14.1. The van der Waals surface area contributed by atoms with Crippen molar-refractivity contribution in [3.8, 4) is 0 Å². The first kappa shape index (κ1) is 28.1. The third-order valence-electron chi connectivity index (χ3n) is 6.51. The van der Waals surface area contributed by atoms with Gasteiger partial charge in [-0.05, 0) is 61.2 Å². The van der Waals surface area contributed by atoms with Crippen LogP contribution in [-0.4, -0.2) is 23.9 Å². The zero-order valence-corrected chi connectivity index (χ0v) is 24.8. The van der Waals surface area contributed by atoms with Crippen LogP contribution >= 0.6 is 11.6 Å². The number of hydrogen-bond donors (Lipinski definition) is 0. The van der Waals surface area contributed by atoms with Gasteiger partial charge < -0.3 is 14.5 Å². The van der Waals surface area contributed by atoms with Crippen LogP contribution < -0.4 is 39.0 Å². The van der Waals surface area contributed by atoms with E-state index in [4.69, 9.17) is 11.6 Å². The summed E-state index contributed by atoms with van der Waals surface area (Å²) in [4.78, 5) is 15.7. The summed E-state index contributed by atoms with van der Waals surface area (Å²) < 4.78 is 31.5.